The van der Waals surface area contributed by atoms with Crippen LogP contribution in [0.5, 0.6) is 0 Å². The Hall–Kier alpha value is -0.765. The summed E-state index contributed by atoms with van der Waals surface area (Å²) in [6, 6.07) is 0. The molecule has 0 aliphatic rings. The van der Waals surface area contributed by atoms with Crippen LogP contribution in [0, 0.1) is 0 Å². The van der Waals surface area contributed by atoms with Crippen molar-refractivity contribution < 1.29 is 4.74 Å². The molecule has 0 spiro atoms. The third-order valence-electron chi connectivity index (χ3n) is 1.29. The first-order valence-corrected chi connectivity index (χ1v) is 3.31. The van der Waals surface area contributed by atoms with E-state index < -0.39 is 0 Å². The quantitative estimate of drug-likeness (QED) is 0.490. The van der Waals surface area contributed by atoms with Crippen LogP contribution in [0.3, 0.4) is 0 Å². The first-order valence-electron chi connectivity index (χ1n) is 3.31. The third kappa shape index (κ3) is 1.88. The highest BCUT2D eigenvalue weighted by atomic mass is 16.5. The average Bonchev–Trinajstić information content (AvgIpc) is 2.31. The Kier molecular flexibility index (Phi) is 2.51. The molecular formula is C6H11BN2O. The summed E-state index contributed by atoms with van der Waals surface area (Å²) in [5.74, 6) is 0. The molecule has 0 aliphatic heterocycles. The molecule has 1 rings (SSSR count). The van der Waals surface area contributed by atoms with Gasteiger partial charge in [0.1, 0.15) is 7.85 Å². The van der Waals surface area contributed by atoms with Gasteiger partial charge in [-0.2, -0.15) is 5.10 Å². The van der Waals surface area contributed by atoms with Crippen molar-refractivity contribution in [1.82, 2.24) is 9.78 Å². The fraction of sp³-hybridized carbons (Fsp3) is 0.500. The van der Waals surface area contributed by atoms with Crippen LogP contribution in [0.1, 0.15) is 0 Å². The van der Waals surface area contributed by atoms with E-state index >= 15 is 0 Å². The minimum absolute atomic E-state index is 0.723. The minimum Gasteiger partial charge on any atom is -0.383 e. The highest BCUT2D eigenvalue weighted by Crippen LogP contribution is 1.80. The van der Waals surface area contributed by atoms with Crippen molar-refractivity contribution in [2.75, 3.05) is 13.7 Å². The van der Waals surface area contributed by atoms with Crippen LogP contribution in [0.2, 0.25) is 0 Å². The second-order valence-corrected chi connectivity index (χ2v) is 2.27. The lowest BCUT2D eigenvalue weighted by Gasteiger charge is -1.97. The first kappa shape index (κ1) is 7.34. The molecule has 4 heteroatoms. The molecule has 0 saturated carbocycles. The van der Waals surface area contributed by atoms with Crippen LogP contribution in [-0.4, -0.2) is 31.3 Å². The predicted molar refractivity (Wildman–Crippen MR) is 42.3 cm³/mol. The lowest BCUT2D eigenvalue weighted by Crippen LogP contribution is -2.05. The summed E-state index contributed by atoms with van der Waals surface area (Å²) in [7, 11) is 3.71. The number of methoxy groups -OCH3 is 1. The Bertz CT molecular complexity index is 199. The fourth-order valence-corrected chi connectivity index (χ4v) is 0.774. The number of hydrogen-bond donors (Lipinski definition) is 0. The zero-order valence-electron chi connectivity index (χ0n) is 6.37. The Morgan fingerprint density at radius 3 is 3.10 bits per heavy atom. The van der Waals surface area contributed by atoms with E-state index in [1.807, 2.05) is 24.9 Å². The lowest BCUT2D eigenvalue weighted by atomic mass is 10.0. The highest BCUT2D eigenvalue weighted by Gasteiger charge is 1.90. The Morgan fingerprint density at radius 1 is 1.80 bits per heavy atom. The molecule has 0 bridgehead atoms. The van der Waals surface area contributed by atoms with E-state index in [1.165, 1.54) is 5.46 Å². The fourth-order valence-electron chi connectivity index (χ4n) is 0.774. The Labute approximate surface area is 61.4 Å². The highest BCUT2D eigenvalue weighted by molar-refractivity contribution is 6.31. The third-order valence-corrected chi connectivity index (χ3v) is 1.29. The average molecular weight is 138 g/mol. The summed E-state index contributed by atoms with van der Waals surface area (Å²) in [6.45, 7) is 1.56. The maximum atomic E-state index is 4.89. The van der Waals surface area contributed by atoms with Gasteiger partial charge in [0.15, 0.2) is 0 Å². The van der Waals surface area contributed by atoms with E-state index in [1.54, 1.807) is 7.11 Å². The molecular weight excluding hydrogens is 127 g/mol. The second-order valence-electron chi connectivity index (χ2n) is 2.27. The molecule has 10 heavy (non-hydrogen) atoms. The molecule has 0 atom stereocenters. The number of aromatic nitrogens is 2. The molecule has 54 valence electrons. The van der Waals surface area contributed by atoms with E-state index in [0.717, 1.165) is 13.2 Å². The standard InChI is InChI=1S/C6H11BN2O/c1-10-3-2-9-5-6(7)4-8-9/h4-5H,2-3,7H2,1H3. The van der Waals surface area contributed by atoms with Crippen molar-refractivity contribution >= 4 is 13.3 Å². The minimum atomic E-state index is 0.723. The number of hydrogen-bond acceptors (Lipinski definition) is 2. The van der Waals surface area contributed by atoms with E-state index in [2.05, 4.69) is 5.10 Å². The summed E-state index contributed by atoms with van der Waals surface area (Å²) < 4.78 is 6.77. The van der Waals surface area contributed by atoms with Crippen LogP contribution < -0.4 is 5.46 Å². The maximum Gasteiger partial charge on any atom is 0.143 e. The van der Waals surface area contributed by atoms with Gasteiger partial charge < -0.3 is 4.74 Å². The van der Waals surface area contributed by atoms with Crippen molar-refractivity contribution in [3.05, 3.63) is 12.4 Å². The normalized spacial score (nSPS) is 10.1. The molecule has 0 amide bonds. The number of rotatable bonds is 3. The monoisotopic (exact) mass is 138 g/mol. The van der Waals surface area contributed by atoms with Crippen molar-refractivity contribution in [3.63, 3.8) is 0 Å². The Balaban J connectivity index is 2.42. The van der Waals surface area contributed by atoms with Crippen molar-refractivity contribution in [2.24, 2.45) is 0 Å². The molecule has 0 N–H and O–H groups in total. The Morgan fingerprint density at radius 2 is 2.60 bits per heavy atom. The molecule has 0 radical (unpaired) electrons. The van der Waals surface area contributed by atoms with Gasteiger partial charge in [0, 0.05) is 19.5 Å². The molecule has 1 heterocycles. The zero-order chi connectivity index (χ0) is 7.40. The van der Waals surface area contributed by atoms with Crippen molar-refractivity contribution in [1.29, 1.82) is 0 Å². The van der Waals surface area contributed by atoms with Gasteiger partial charge in [0.25, 0.3) is 0 Å². The summed E-state index contributed by atoms with van der Waals surface area (Å²) in [5.41, 5.74) is 1.19. The van der Waals surface area contributed by atoms with Gasteiger partial charge in [-0.05, 0) is 0 Å². The summed E-state index contributed by atoms with van der Waals surface area (Å²) >= 11 is 0. The number of ether oxygens (including phenoxy) is 1. The van der Waals surface area contributed by atoms with Crippen molar-refractivity contribution in [2.45, 2.75) is 6.54 Å². The molecule has 1 aromatic heterocycles. The van der Waals surface area contributed by atoms with E-state index in [4.69, 9.17) is 4.74 Å². The van der Waals surface area contributed by atoms with Gasteiger partial charge in [-0.3, -0.25) is 4.68 Å². The van der Waals surface area contributed by atoms with Gasteiger partial charge in [0.05, 0.1) is 13.2 Å². The molecule has 0 fully saturated rings. The molecule has 0 aliphatic carbocycles. The number of nitrogens with zero attached hydrogens (tertiary/aromatic N) is 2. The van der Waals surface area contributed by atoms with Gasteiger partial charge in [-0.25, -0.2) is 0 Å². The van der Waals surface area contributed by atoms with E-state index in [-0.39, 0.29) is 0 Å². The SMILES string of the molecule is Bc1cnn(CCOC)c1. The molecule has 1 aromatic rings. The van der Waals surface area contributed by atoms with Crippen LogP contribution in [0.25, 0.3) is 0 Å². The smallest absolute Gasteiger partial charge is 0.143 e. The first-order chi connectivity index (χ1) is 4.83. The summed E-state index contributed by atoms with van der Waals surface area (Å²) in [5, 5.41) is 4.09. The van der Waals surface area contributed by atoms with Gasteiger partial charge in [-0.1, -0.05) is 5.46 Å². The van der Waals surface area contributed by atoms with E-state index in [9.17, 15) is 0 Å². The second kappa shape index (κ2) is 3.41. The summed E-state index contributed by atoms with van der Waals surface area (Å²) in [6.07, 6.45) is 3.84. The molecule has 0 saturated heterocycles. The van der Waals surface area contributed by atoms with Crippen LogP contribution in [0.4, 0.5) is 0 Å². The molecule has 3 nitrogen and oxygen atoms in total. The predicted octanol–water partition coefficient (Wildman–Crippen LogP) is -1.21. The van der Waals surface area contributed by atoms with Gasteiger partial charge >= 0.3 is 0 Å². The van der Waals surface area contributed by atoms with Crippen molar-refractivity contribution in [3.8, 4) is 0 Å². The largest absolute Gasteiger partial charge is 0.383 e. The topological polar surface area (TPSA) is 27.1 Å². The van der Waals surface area contributed by atoms with Crippen LogP contribution >= 0.6 is 0 Å². The van der Waals surface area contributed by atoms with Crippen LogP contribution in [0.15, 0.2) is 12.4 Å². The van der Waals surface area contributed by atoms with Gasteiger partial charge in [0.2, 0.25) is 0 Å². The van der Waals surface area contributed by atoms with Crippen LogP contribution in [-0.2, 0) is 11.3 Å². The van der Waals surface area contributed by atoms with Gasteiger partial charge in [-0.15, -0.1) is 0 Å². The zero-order valence-corrected chi connectivity index (χ0v) is 6.37. The summed E-state index contributed by atoms with van der Waals surface area (Å²) in [4.78, 5) is 0. The molecule has 0 unspecified atom stereocenters. The van der Waals surface area contributed by atoms with E-state index in [0.29, 0.717) is 0 Å². The maximum absolute atomic E-state index is 4.89. The lowest BCUT2D eigenvalue weighted by molar-refractivity contribution is 0.183. The molecule has 0 aromatic carbocycles.